The Morgan fingerprint density at radius 2 is 2.30 bits per heavy atom. The van der Waals surface area contributed by atoms with Gasteiger partial charge in [-0.3, -0.25) is 0 Å². The summed E-state index contributed by atoms with van der Waals surface area (Å²) in [6, 6.07) is 4.76. The molecule has 1 rings (SSSR count). The molecule has 0 saturated carbocycles. The third kappa shape index (κ3) is 4.99. The highest BCUT2D eigenvalue weighted by atomic mass is 19.1. The number of nitrogens with zero attached hydrogens (tertiary/aromatic N) is 1. The quantitative estimate of drug-likeness (QED) is 0.169. The van der Waals surface area contributed by atoms with Gasteiger partial charge in [-0.2, -0.15) is 0 Å². The molecule has 0 radical (unpaired) electrons. The van der Waals surface area contributed by atoms with E-state index in [2.05, 4.69) is 17.1 Å². The Morgan fingerprint density at radius 1 is 1.55 bits per heavy atom. The van der Waals surface area contributed by atoms with Crippen molar-refractivity contribution in [1.82, 2.24) is 5.32 Å². The zero-order chi connectivity index (χ0) is 15.0. The van der Waals surface area contributed by atoms with E-state index in [-0.39, 0.29) is 11.4 Å². The third-order valence-corrected chi connectivity index (χ3v) is 2.55. The van der Waals surface area contributed by atoms with Crippen LogP contribution in [0.5, 0.6) is 0 Å². The molecule has 5 nitrogen and oxygen atoms in total. The van der Waals surface area contributed by atoms with Crippen LogP contribution in [0.1, 0.15) is 18.1 Å². The highest BCUT2D eigenvalue weighted by Crippen LogP contribution is 2.12. The van der Waals surface area contributed by atoms with Crippen molar-refractivity contribution in [3.05, 3.63) is 47.3 Å². The molecule has 0 fully saturated rings. The normalized spacial score (nSPS) is 11.6. The fraction of sp³-hybridized carbons (Fsp3) is 0.357. The number of rotatable bonds is 8. The van der Waals surface area contributed by atoms with Crippen molar-refractivity contribution in [3.63, 3.8) is 0 Å². The van der Waals surface area contributed by atoms with Crippen LogP contribution in [-0.4, -0.2) is 30.8 Å². The van der Waals surface area contributed by atoms with Crippen molar-refractivity contribution in [2.24, 2.45) is 10.9 Å². The summed E-state index contributed by atoms with van der Waals surface area (Å²) >= 11 is 0. The van der Waals surface area contributed by atoms with E-state index in [0.29, 0.717) is 31.9 Å². The van der Waals surface area contributed by atoms with Gasteiger partial charge in [-0.1, -0.05) is 29.4 Å². The third-order valence-electron chi connectivity index (χ3n) is 2.55. The molecule has 0 aliphatic heterocycles. The van der Waals surface area contributed by atoms with Crippen molar-refractivity contribution < 1.29 is 14.3 Å². The Bertz CT molecular complexity index is 489. The zero-order valence-electron chi connectivity index (χ0n) is 11.5. The minimum absolute atomic E-state index is 0.0883. The van der Waals surface area contributed by atoms with Gasteiger partial charge in [0.15, 0.2) is 5.84 Å². The van der Waals surface area contributed by atoms with Crippen molar-refractivity contribution in [1.29, 1.82) is 0 Å². The van der Waals surface area contributed by atoms with Crippen LogP contribution < -0.4 is 11.1 Å². The van der Waals surface area contributed by atoms with E-state index in [4.69, 9.17) is 15.7 Å². The second-order valence-electron chi connectivity index (χ2n) is 4.45. The van der Waals surface area contributed by atoms with E-state index in [9.17, 15) is 4.39 Å². The first-order valence-electron chi connectivity index (χ1n) is 6.24. The highest BCUT2D eigenvalue weighted by Gasteiger charge is 2.10. The van der Waals surface area contributed by atoms with Gasteiger partial charge >= 0.3 is 0 Å². The molecule has 0 atom stereocenters. The molecule has 0 aromatic heterocycles. The molecule has 0 aliphatic rings. The Balaban J connectivity index is 2.47. The van der Waals surface area contributed by atoms with Gasteiger partial charge < -0.3 is 21.0 Å². The molecule has 0 amide bonds. The Hall–Kier alpha value is -1.92. The lowest BCUT2D eigenvalue weighted by Gasteiger charge is -2.09. The number of nitrogens with one attached hydrogen (secondary N) is 1. The first kappa shape index (κ1) is 16.1. The second-order valence-corrected chi connectivity index (χ2v) is 4.45. The average Bonchev–Trinajstić information content (AvgIpc) is 2.43. The maximum Gasteiger partial charge on any atom is 0.173 e. The van der Waals surface area contributed by atoms with Gasteiger partial charge in [0.05, 0.1) is 18.8 Å². The van der Waals surface area contributed by atoms with Gasteiger partial charge in [-0.15, -0.1) is 0 Å². The van der Waals surface area contributed by atoms with E-state index in [1.807, 2.05) is 6.92 Å². The Labute approximate surface area is 117 Å². The van der Waals surface area contributed by atoms with Crippen LogP contribution in [0.4, 0.5) is 4.39 Å². The summed E-state index contributed by atoms with van der Waals surface area (Å²) in [6.45, 7) is 7.60. The minimum Gasteiger partial charge on any atom is -0.409 e. The fourth-order valence-corrected chi connectivity index (χ4v) is 1.58. The van der Waals surface area contributed by atoms with Crippen LogP contribution in [-0.2, 0) is 11.3 Å². The summed E-state index contributed by atoms with van der Waals surface area (Å²) in [7, 11) is 0. The maximum absolute atomic E-state index is 14.0. The standard InChI is InChI=1S/C14H20FN3O2/c1-10(2)9-20-7-6-17-8-11-4-3-5-12(13(11)15)14(16)18-19/h3-5,17,19H,1,6-9H2,2H3,(H2,16,18). The van der Waals surface area contributed by atoms with Crippen molar-refractivity contribution >= 4 is 5.84 Å². The predicted octanol–water partition coefficient (Wildman–Crippen LogP) is 1.60. The second kappa shape index (κ2) is 8.29. The number of hydrogen-bond acceptors (Lipinski definition) is 4. The monoisotopic (exact) mass is 281 g/mol. The topological polar surface area (TPSA) is 79.9 Å². The maximum atomic E-state index is 14.0. The summed E-state index contributed by atoms with van der Waals surface area (Å²) in [5, 5.41) is 14.4. The van der Waals surface area contributed by atoms with Crippen LogP contribution in [0.2, 0.25) is 0 Å². The molecule has 0 bridgehead atoms. The van der Waals surface area contributed by atoms with Crippen molar-refractivity contribution in [3.8, 4) is 0 Å². The van der Waals surface area contributed by atoms with Gasteiger partial charge in [0.1, 0.15) is 5.82 Å². The van der Waals surface area contributed by atoms with Crippen molar-refractivity contribution in [2.75, 3.05) is 19.8 Å². The molecule has 1 aromatic rings. The summed E-state index contributed by atoms with van der Waals surface area (Å²) in [6.07, 6.45) is 0. The number of nitrogens with two attached hydrogens (primary N) is 1. The summed E-state index contributed by atoms with van der Waals surface area (Å²) in [5.41, 5.74) is 6.90. The molecule has 20 heavy (non-hydrogen) atoms. The molecular weight excluding hydrogens is 261 g/mol. The largest absolute Gasteiger partial charge is 0.409 e. The number of benzene rings is 1. The van der Waals surface area contributed by atoms with Crippen LogP contribution >= 0.6 is 0 Å². The molecular formula is C14H20FN3O2. The molecule has 4 N–H and O–H groups in total. The molecule has 1 aromatic carbocycles. The highest BCUT2D eigenvalue weighted by molar-refractivity contribution is 5.97. The number of halogens is 1. The Kier molecular flexibility index (Phi) is 6.69. The lowest BCUT2D eigenvalue weighted by Crippen LogP contribution is -2.22. The van der Waals surface area contributed by atoms with Gasteiger partial charge in [-0.05, 0) is 13.0 Å². The lowest BCUT2D eigenvalue weighted by molar-refractivity contribution is 0.157. The number of amidine groups is 1. The van der Waals surface area contributed by atoms with Crippen molar-refractivity contribution in [2.45, 2.75) is 13.5 Å². The molecule has 0 heterocycles. The van der Waals surface area contributed by atoms with E-state index in [1.165, 1.54) is 6.07 Å². The van der Waals surface area contributed by atoms with Crippen LogP contribution in [0, 0.1) is 5.82 Å². The Morgan fingerprint density at radius 3 is 2.95 bits per heavy atom. The lowest BCUT2D eigenvalue weighted by atomic mass is 10.1. The predicted molar refractivity (Wildman–Crippen MR) is 76.3 cm³/mol. The first-order valence-corrected chi connectivity index (χ1v) is 6.24. The smallest absolute Gasteiger partial charge is 0.173 e. The number of hydrogen-bond donors (Lipinski definition) is 3. The molecule has 0 aliphatic carbocycles. The molecule has 6 heteroatoms. The number of oxime groups is 1. The van der Waals surface area contributed by atoms with Crippen LogP contribution in [0.25, 0.3) is 0 Å². The van der Waals surface area contributed by atoms with E-state index in [0.717, 1.165) is 5.57 Å². The SMILES string of the molecule is C=C(C)COCCNCc1cccc(/C(N)=N/O)c1F. The van der Waals surface area contributed by atoms with Gasteiger partial charge in [0, 0.05) is 18.7 Å². The minimum atomic E-state index is -0.488. The van der Waals surface area contributed by atoms with Gasteiger partial charge in [-0.25, -0.2) is 4.39 Å². The van der Waals surface area contributed by atoms with E-state index < -0.39 is 5.82 Å². The van der Waals surface area contributed by atoms with Gasteiger partial charge in [0.2, 0.25) is 0 Å². The summed E-state index contributed by atoms with van der Waals surface area (Å²) < 4.78 is 19.4. The van der Waals surface area contributed by atoms with Crippen LogP contribution in [0.3, 0.4) is 0 Å². The zero-order valence-corrected chi connectivity index (χ0v) is 11.5. The summed E-state index contributed by atoms with van der Waals surface area (Å²) in [4.78, 5) is 0. The summed E-state index contributed by atoms with van der Waals surface area (Å²) in [5.74, 6) is -0.729. The molecule has 0 saturated heterocycles. The molecule has 0 unspecified atom stereocenters. The molecule has 0 spiro atoms. The number of ether oxygens (including phenoxy) is 1. The molecule has 110 valence electrons. The van der Waals surface area contributed by atoms with E-state index in [1.54, 1.807) is 12.1 Å². The van der Waals surface area contributed by atoms with Gasteiger partial charge in [0.25, 0.3) is 0 Å². The average molecular weight is 281 g/mol. The van der Waals surface area contributed by atoms with E-state index >= 15 is 0 Å². The fourth-order valence-electron chi connectivity index (χ4n) is 1.58. The first-order chi connectivity index (χ1) is 9.56. The van der Waals surface area contributed by atoms with Crippen LogP contribution in [0.15, 0.2) is 35.5 Å².